The lowest BCUT2D eigenvalue weighted by Gasteiger charge is -2.11. The van der Waals surface area contributed by atoms with Gasteiger partial charge in [0.25, 0.3) is 0 Å². The average Bonchev–Trinajstić information content (AvgIpc) is 2.74. The van der Waals surface area contributed by atoms with Crippen molar-refractivity contribution >= 4 is 23.1 Å². The number of fused-ring (bicyclic) bond motifs is 1. The number of aromatic nitrogens is 2. The molecule has 98 valence electrons. The number of carbonyl (C=O) groups is 1. The quantitative estimate of drug-likeness (QED) is 0.892. The van der Waals surface area contributed by atoms with Gasteiger partial charge in [-0.15, -0.1) is 0 Å². The molecule has 2 aromatic rings. The third-order valence-corrected chi connectivity index (χ3v) is 3.21. The molecule has 0 saturated heterocycles. The van der Waals surface area contributed by atoms with Gasteiger partial charge in [-0.2, -0.15) is 5.26 Å². The number of carbonyl (C=O) groups excluding carboxylic acids is 1. The van der Waals surface area contributed by atoms with E-state index in [0.717, 1.165) is 16.9 Å². The first kappa shape index (κ1) is 12.1. The Morgan fingerprint density at radius 3 is 3.00 bits per heavy atom. The fourth-order valence-corrected chi connectivity index (χ4v) is 2.18. The second-order valence-electron chi connectivity index (χ2n) is 4.50. The van der Waals surface area contributed by atoms with Crippen molar-refractivity contribution < 1.29 is 4.79 Å². The maximum Gasteiger partial charge on any atom is 0.231 e. The lowest BCUT2D eigenvalue weighted by molar-refractivity contribution is -0.117. The fourth-order valence-electron chi connectivity index (χ4n) is 2.18. The van der Waals surface area contributed by atoms with Crippen LogP contribution in [0.1, 0.15) is 11.3 Å². The molecule has 0 atom stereocenters. The van der Waals surface area contributed by atoms with E-state index in [-0.39, 0.29) is 5.91 Å². The summed E-state index contributed by atoms with van der Waals surface area (Å²) in [4.78, 5) is 21.2. The van der Waals surface area contributed by atoms with Gasteiger partial charge in [0, 0.05) is 24.5 Å². The Morgan fingerprint density at radius 2 is 2.20 bits per heavy atom. The molecule has 6 nitrogen and oxygen atoms in total. The molecule has 0 saturated carbocycles. The maximum atomic E-state index is 11.6. The summed E-state index contributed by atoms with van der Waals surface area (Å²) in [5, 5.41) is 11.9. The number of anilines is 3. The maximum absolute atomic E-state index is 11.6. The van der Waals surface area contributed by atoms with Gasteiger partial charge < -0.3 is 10.2 Å². The van der Waals surface area contributed by atoms with Crippen LogP contribution >= 0.6 is 0 Å². The molecule has 1 amide bonds. The Bertz CT molecular complexity index is 735. The minimum absolute atomic E-state index is 0.0888. The lowest BCUT2D eigenvalue weighted by atomic mass is 10.1. The van der Waals surface area contributed by atoms with Crippen LogP contribution in [-0.4, -0.2) is 22.9 Å². The molecule has 2 heterocycles. The largest absolute Gasteiger partial charge is 0.340 e. The number of hydrogen-bond acceptors (Lipinski definition) is 5. The molecule has 1 aromatic carbocycles. The van der Waals surface area contributed by atoms with Gasteiger partial charge in [0.2, 0.25) is 5.91 Å². The molecule has 0 unspecified atom stereocenters. The molecule has 6 heteroatoms. The van der Waals surface area contributed by atoms with Gasteiger partial charge >= 0.3 is 0 Å². The van der Waals surface area contributed by atoms with Crippen LogP contribution in [0.4, 0.5) is 17.2 Å². The highest BCUT2D eigenvalue weighted by atomic mass is 16.2. The number of nitriles is 1. The van der Waals surface area contributed by atoms with E-state index in [1.807, 2.05) is 24.3 Å². The van der Waals surface area contributed by atoms with Crippen molar-refractivity contribution in [3.05, 3.63) is 41.9 Å². The minimum atomic E-state index is 0.0888. The Kier molecular flexibility index (Phi) is 2.80. The summed E-state index contributed by atoms with van der Waals surface area (Å²) >= 11 is 0. The highest BCUT2D eigenvalue weighted by molar-refractivity contribution is 6.01. The zero-order valence-corrected chi connectivity index (χ0v) is 10.8. The minimum Gasteiger partial charge on any atom is -0.340 e. The van der Waals surface area contributed by atoms with Gasteiger partial charge in [-0.05, 0) is 23.8 Å². The molecular formula is C14H11N5O. The molecule has 20 heavy (non-hydrogen) atoms. The van der Waals surface area contributed by atoms with E-state index in [2.05, 4.69) is 15.3 Å². The third kappa shape index (κ3) is 2.06. The molecule has 1 aliphatic rings. The van der Waals surface area contributed by atoms with Crippen LogP contribution in [0.15, 0.2) is 30.6 Å². The molecule has 1 aliphatic heterocycles. The average molecular weight is 265 g/mol. The molecule has 1 aromatic heterocycles. The first-order chi connectivity index (χ1) is 9.67. The van der Waals surface area contributed by atoms with E-state index in [1.54, 1.807) is 18.0 Å². The second kappa shape index (κ2) is 4.63. The summed E-state index contributed by atoms with van der Waals surface area (Å²) in [7, 11) is 1.77. The van der Waals surface area contributed by atoms with E-state index in [1.165, 1.54) is 6.33 Å². The first-order valence-electron chi connectivity index (χ1n) is 6.06. The topological polar surface area (TPSA) is 81.9 Å². The number of rotatable bonds is 2. The van der Waals surface area contributed by atoms with E-state index < -0.39 is 0 Å². The van der Waals surface area contributed by atoms with Gasteiger partial charge in [-0.1, -0.05) is 0 Å². The summed E-state index contributed by atoms with van der Waals surface area (Å²) in [6.45, 7) is 0. The number of benzene rings is 1. The second-order valence-corrected chi connectivity index (χ2v) is 4.50. The summed E-state index contributed by atoms with van der Waals surface area (Å²) in [5.74, 6) is 0.639. The molecule has 0 aliphatic carbocycles. The summed E-state index contributed by atoms with van der Waals surface area (Å²) in [6, 6.07) is 9.23. The molecule has 1 N–H and O–H groups in total. The normalized spacial score (nSPS) is 13.0. The van der Waals surface area contributed by atoms with Crippen molar-refractivity contribution in [3.63, 3.8) is 0 Å². The number of amides is 1. The smallest absolute Gasteiger partial charge is 0.231 e. The molecule has 3 rings (SSSR count). The predicted octanol–water partition coefficient (Wildman–Crippen LogP) is 1.61. The van der Waals surface area contributed by atoms with Crippen LogP contribution in [0.3, 0.4) is 0 Å². The Hall–Kier alpha value is -2.94. The molecular weight excluding hydrogens is 254 g/mol. The van der Waals surface area contributed by atoms with Crippen molar-refractivity contribution in [2.24, 2.45) is 0 Å². The van der Waals surface area contributed by atoms with Crippen LogP contribution in [0.2, 0.25) is 0 Å². The van der Waals surface area contributed by atoms with Crippen LogP contribution in [0.5, 0.6) is 0 Å². The molecule has 0 bridgehead atoms. The van der Waals surface area contributed by atoms with E-state index in [4.69, 9.17) is 5.26 Å². The van der Waals surface area contributed by atoms with Crippen molar-refractivity contribution in [3.8, 4) is 6.07 Å². The predicted molar refractivity (Wildman–Crippen MR) is 73.6 cm³/mol. The van der Waals surface area contributed by atoms with Gasteiger partial charge in [0.1, 0.15) is 23.9 Å². The first-order valence-corrected chi connectivity index (χ1v) is 6.06. The Labute approximate surface area is 115 Å². The molecule has 0 radical (unpaired) electrons. The van der Waals surface area contributed by atoms with Gasteiger partial charge in [0.05, 0.1) is 6.42 Å². The number of nitrogens with one attached hydrogen (secondary N) is 1. The van der Waals surface area contributed by atoms with Gasteiger partial charge in [-0.3, -0.25) is 4.79 Å². The zero-order valence-electron chi connectivity index (χ0n) is 10.8. The van der Waals surface area contributed by atoms with Gasteiger partial charge in [-0.25, -0.2) is 9.97 Å². The summed E-state index contributed by atoms with van der Waals surface area (Å²) in [5.41, 5.74) is 3.05. The zero-order chi connectivity index (χ0) is 14.1. The van der Waals surface area contributed by atoms with Crippen LogP contribution in [-0.2, 0) is 11.2 Å². The Morgan fingerprint density at radius 1 is 1.35 bits per heavy atom. The van der Waals surface area contributed by atoms with E-state index in [0.29, 0.717) is 17.9 Å². The van der Waals surface area contributed by atoms with Crippen LogP contribution < -0.4 is 10.2 Å². The van der Waals surface area contributed by atoms with Crippen molar-refractivity contribution in [1.82, 2.24) is 9.97 Å². The SMILES string of the molecule is CN1C(=O)Cc2cc(Nc3cc(C#N)ncn3)ccc21. The third-order valence-electron chi connectivity index (χ3n) is 3.21. The number of likely N-dealkylation sites (N-methyl/N-ethyl adjacent to an activating group) is 1. The highest BCUT2D eigenvalue weighted by Crippen LogP contribution is 2.30. The van der Waals surface area contributed by atoms with Gasteiger partial charge in [0.15, 0.2) is 0 Å². The van der Waals surface area contributed by atoms with Crippen molar-refractivity contribution in [1.29, 1.82) is 5.26 Å². The Balaban J connectivity index is 1.88. The number of hydrogen-bond donors (Lipinski definition) is 1. The highest BCUT2D eigenvalue weighted by Gasteiger charge is 2.23. The summed E-state index contributed by atoms with van der Waals surface area (Å²) < 4.78 is 0. The molecule has 0 spiro atoms. The van der Waals surface area contributed by atoms with Crippen LogP contribution in [0.25, 0.3) is 0 Å². The monoisotopic (exact) mass is 265 g/mol. The van der Waals surface area contributed by atoms with E-state index >= 15 is 0 Å². The van der Waals surface area contributed by atoms with Crippen molar-refractivity contribution in [2.45, 2.75) is 6.42 Å². The molecule has 0 fully saturated rings. The van der Waals surface area contributed by atoms with Crippen LogP contribution in [0, 0.1) is 11.3 Å². The lowest BCUT2D eigenvalue weighted by Crippen LogP contribution is -2.20. The summed E-state index contributed by atoms with van der Waals surface area (Å²) in [6.07, 6.45) is 1.75. The van der Waals surface area contributed by atoms with E-state index in [9.17, 15) is 4.79 Å². The fraction of sp³-hybridized carbons (Fsp3) is 0.143. The number of nitrogens with zero attached hydrogens (tertiary/aromatic N) is 4. The standard InChI is InChI=1S/C14H11N5O/c1-19-12-3-2-10(4-9(12)5-14(19)20)18-13-6-11(7-15)16-8-17-13/h2-4,6,8H,5H2,1H3,(H,16,17,18). The van der Waals surface area contributed by atoms with Crippen molar-refractivity contribution in [2.75, 3.05) is 17.3 Å².